The van der Waals surface area contributed by atoms with Crippen LogP contribution in [-0.4, -0.2) is 14.1 Å². The van der Waals surface area contributed by atoms with E-state index < -0.39 is 0 Å². The number of halogens is 1. The lowest BCUT2D eigenvalue weighted by Gasteiger charge is -2.12. The number of alkyl halides is 1. The van der Waals surface area contributed by atoms with Crippen molar-refractivity contribution in [2.24, 2.45) is 0 Å². The smallest absolute Gasteiger partial charge is 0.0474 e. The van der Waals surface area contributed by atoms with Crippen molar-refractivity contribution in [3.8, 4) is 11.1 Å². The molecule has 0 fully saturated rings. The van der Waals surface area contributed by atoms with E-state index in [4.69, 9.17) is 11.6 Å². The minimum atomic E-state index is 0.559. The molecule has 1 nitrogen and oxygen atoms in total. The Kier molecular flexibility index (Phi) is 3.70. The van der Waals surface area contributed by atoms with Crippen LogP contribution in [-0.2, 0) is 5.88 Å². The molecule has 2 aromatic rings. The molecule has 0 aliphatic carbocycles. The minimum absolute atomic E-state index is 0.559. The molecule has 88 valence electrons. The monoisotopic (exact) mass is 245 g/mol. The Labute approximate surface area is 108 Å². The summed E-state index contributed by atoms with van der Waals surface area (Å²) in [6.45, 7) is 0. The van der Waals surface area contributed by atoms with Gasteiger partial charge in [-0.15, -0.1) is 11.6 Å². The Morgan fingerprint density at radius 3 is 2.24 bits per heavy atom. The Balaban J connectivity index is 2.32. The molecule has 0 N–H and O–H groups in total. The van der Waals surface area contributed by atoms with Crippen LogP contribution in [0, 0.1) is 0 Å². The molecule has 0 amide bonds. The first kappa shape index (κ1) is 12.0. The van der Waals surface area contributed by atoms with Crippen molar-refractivity contribution in [1.82, 2.24) is 0 Å². The molecule has 0 radical (unpaired) electrons. The molecule has 0 aliphatic heterocycles. The summed E-state index contributed by atoms with van der Waals surface area (Å²) in [5, 5.41) is 0. The van der Waals surface area contributed by atoms with Crippen LogP contribution >= 0.6 is 11.6 Å². The van der Waals surface area contributed by atoms with Gasteiger partial charge in [-0.05, 0) is 34.9 Å². The summed E-state index contributed by atoms with van der Waals surface area (Å²) in [5.41, 5.74) is 4.80. The van der Waals surface area contributed by atoms with Crippen molar-refractivity contribution in [1.29, 1.82) is 0 Å². The molecule has 2 heteroatoms. The van der Waals surface area contributed by atoms with E-state index >= 15 is 0 Å². The Morgan fingerprint density at radius 2 is 1.65 bits per heavy atom. The molecule has 2 aromatic carbocycles. The van der Waals surface area contributed by atoms with Crippen molar-refractivity contribution in [2.45, 2.75) is 5.88 Å². The van der Waals surface area contributed by atoms with E-state index in [0.29, 0.717) is 5.88 Å². The average molecular weight is 246 g/mol. The van der Waals surface area contributed by atoms with Crippen LogP contribution < -0.4 is 4.90 Å². The molecule has 0 heterocycles. The molecule has 0 spiro atoms. The van der Waals surface area contributed by atoms with Crippen LogP contribution in [0.15, 0.2) is 48.5 Å². The quantitative estimate of drug-likeness (QED) is 0.734. The van der Waals surface area contributed by atoms with Crippen molar-refractivity contribution in [3.63, 3.8) is 0 Å². The van der Waals surface area contributed by atoms with Crippen LogP contribution in [0.4, 0.5) is 5.69 Å². The van der Waals surface area contributed by atoms with Gasteiger partial charge in [0.15, 0.2) is 0 Å². The standard InChI is InChI=1S/C15H16ClN/c1-17(2)15-8-6-13(7-9-15)14-5-3-4-12(10-14)11-16/h3-10H,11H2,1-2H3. The maximum Gasteiger partial charge on any atom is 0.0474 e. The van der Waals surface area contributed by atoms with Crippen LogP contribution in [0.3, 0.4) is 0 Å². The third-order valence-electron chi connectivity index (χ3n) is 2.80. The maximum atomic E-state index is 5.85. The number of hydrogen-bond acceptors (Lipinski definition) is 1. The van der Waals surface area contributed by atoms with Crippen molar-refractivity contribution >= 4 is 17.3 Å². The zero-order valence-corrected chi connectivity index (χ0v) is 10.9. The van der Waals surface area contributed by atoms with E-state index in [1.807, 2.05) is 26.2 Å². The molecule has 2 rings (SSSR count). The second kappa shape index (κ2) is 5.24. The highest BCUT2D eigenvalue weighted by atomic mass is 35.5. The molecule has 0 saturated carbocycles. The van der Waals surface area contributed by atoms with Gasteiger partial charge < -0.3 is 4.90 Å². The van der Waals surface area contributed by atoms with Gasteiger partial charge in [0, 0.05) is 25.7 Å². The third kappa shape index (κ3) is 2.80. The predicted octanol–water partition coefficient (Wildman–Crippen LogP) is 4.16. The molecule has 0 atom stereocenters. The molecular weight excluding hydrogens is 230 g/mol. The van der Waals surface area contributed by atoms with Gasteiger partial charge in [0.1, 0.15) is 0 Å². The fraction of sp³-hybridized carbons (Fsp3) is 0.200. The van der Waals surface area contributed by atoms with Gasteiger partial charge in [0.2, 0.25) is 0 Å². The van der Waals surface area contributed by atoms with E-state index in [9.17, 15) is 0 Å². The van der Waals surface area contributed by atoms with Crippen LogP contribution in [0.1, 0.15) is 5.56 Å². The maximum absolute atomic E-state index is 5.85. The fourth-order valence-corrected chi connectivity index (χ4v) is 1.95. The summed E-state index contributed by atoms with van der Waals surface area (Å²) in [6.07, 6.45) is 0. The summed E-state index contributed by atoms with van der Waals surface area (Å²) >= 11 is 5.85. The summed E-state index contributed by atoms with van der Waals surface area (Å²) < 4.78 is 0. The zero-order chi connectivity index (χ0) is 12.3. The first-order chi connectivity index (χ1) is 8.20. The van der Waals surface area contributed by atoms with Crippen molar-refractivity contribution < 1.29 is 0 Å². The van der Waals surface area contributed by atoms with Gasteiger partial charge in [0.25, 0.3) is 0 Å². The highest BCUT2D eigenvalue weighted by Gasteiger charge is 2.00. The molecule has 0 aromatic heterocycles. The van der Waals surface area contributed by atoms with Gasteiger partial charge in [-0.3, -0.25) is 0 Å². The topological polar surface area (TPSA) is 3.24 Å². The summed E-state index contributed by atoms with van der Waals surface area (Å²) in [5.74, 6) is 0.559. The van der Waals surface area contributed by atoms with Gasteiger partial charge >= 0.3 is 0 Å². The summed E-state index contributed by atoms with van der Waals surface area (Å²) in [6, 6.07) is 16.9. The lowest BCUT2D eigenvalue weighted by molar-refractivity contribution is 1.13. The highest BCUT2D eigenvalue weighted by molar-refractivity contribution is 6.17. The largest absolute Gasteiger partial charge is 0.378 e. The fourth-order valence-electron chi connectivity index (χ4n) is 1.79. The normalized spacial score (nSPS) is 10.3. The van der Waals surface area contributed by atoms with E-state index in [1.54, 1.807) is 0 Å². The van der Waals surface area contributed by atoms with Crippen molar-refractivity contribution in [3.05, 3.63) is 54.1 Å². The van der Waals surface area contributed by atoms with Gasteiger partial charge in [-0.25, -0.2) is 0 Å². The molecule has 0 aliphatic rings. The van der Waals surface area contributed by atoms with E-state index in [2.05, 4.69) is 41.3 Å². The van der Waals surface area contributed by atoms with Gasteiger partial charge in [0.05, 0.1) is 0 Å². The number of hydrogen-bond donors (Lipinski definition) is 0. The lowest BCUT2D eigenvalue weighted by atomic mass is 10.0. The van der Waals surface area contributed by atoms with E-state index in [1.165, 1.54) is 16.8 Å². The third-order valence-corrected chi connectivity index (χ3v) is 3.11. The van der Waals surface area contributed by atoms with Crippen molar-refractivity contribution in [2.75, 3.05) is 19.0 Å². The number of nitrogens with zero attached hydrogens (tertiary/aromatic N) is 1. The SMILES string of the molecule is CN(C)c1ccc(-c2cccc(CCl)c2)cc1. The first-order valence-corrected chi connectivity index (χ1v) is 6.17. The molecule has 0 bridgehead atoms. The minimum Gasteiger partial charge on any atom is -0.378 e. The average Bonchev–Trinajstić information content (AvgIpc) is 2.39. The summed E-state index contributed by atoms with van der Waals surface area (Å²) in [7, 11) is 4.09. The molecule has 0 unspecified atom stereocenters. The Bertz CT molecular complexity index is 489. The molecule has 0 saturated heterocycles. The second-order valence-electron chi connectivity index (χ2n) is 4.28. The highest BCUT2D eigenvalue weighted by Crippen LogP contribution is 2.23. The predicted molar refractivity (Wildman–Crippen MR) is 75.8 cm³/mol. The Hall–Kier alpha value is -1.47. The second-order valence-corrected chi connectivity index (χ2v) is 4.54. The molecule has 17 heavy (non-hydrogen) atoms. The van der Waals surface area contributed by atoms with E-state index in [-0.39, 0.29) is 0 Å². The summed E-state index contributed by atoms with van der Waals surface area (Å²) in [4.78, 5) is 2.10. The zero-order valence-electron chi connectivity index (χ0n) is 10.2. The number of benzene rings is 2. The first-order valence-electron chi connectivity index (χ1n) is 5.63. The number of anilines is 1. The van der Waals surface area contributed by atoms with Gasteiger partial charge in [-0.1, -0.05) is 30.3 Å². The van der Waals surface area contributed by atoms with Gasteiger partial charge in [-0.2, -0.15) is 0 Å². The van der Waals surface area contributed by atoms with Crippen LogP contribution in [0.2, 0.25) is 0 Å². The lowest BCUT2D eigenvalue weighted by Crippen LogP contribution is -2.07. The molecular formula is C15H16ClN. The van der Waals surface area contributed by atoms with Crippen LogP contribution in [0.5, 0.6) is 0 Å². The van der Waals surface area contributed by atoms with Crippen LogP contribution in [0.25, 0.3) is 11.1 Å². The number of rotatable bonds is 3. The Morgan fingerprint density at radius 1 is 0.941 bits per heavy atom. The van der Waals surface area contributed by atoms with E-state index in [0.717, 1.165) is 5.56 Å².